The number of amides is 2. The molecule has 6 rings (SSSR count). The van der Waals surface area contributed by atoms with E-state index in [4.69, 9.17) is 44.6 Å². The molecule has 0 radical (unpaired) electrons. The molecule has 2 bridgehead atoms. The number of benzene rings is 1. The molecule has 0 spiro atoms. The number of aliphatic hydroxyl groups excluding tert-OH is 2. The lowest BCUT2D eigenvalue weighted by molar-refractivity contribution is -0.346. The predicted molar refractivity (Wildman–Crippen MR) is 228 cm³/mol. The van der Waals surface area contributed by atoms with Gasteiger partial charge in [0.05, 0.1) is 48.1 Å². The molecule has 5 aliphatic rings. The summed E-state index contributed by atoms with van der Waals surface area (Å²) in [6.07, 6.45) is -11.9. The maximum absolute atomic E-state index is 15.1. The summed E-state index contributed by atoms with van der Waals surface area (Å²) in [5.41, 5.74) is 1.50. The number of nitrogens with two attached hydrogens (primary N) is 2. The van der Waals surface area contributed by atoms with Crippen LogP contribution in [0.3, 0.4) is 0 Å². The summed E-state index contributed by atoms with van der Waals surface area (Å²) in [5, 5.41) is 40.4. The van der Waals surface area contributed by atoms with Crippen LogP contribution in [0.1, 0.15) is 97.9 Å². The molecule has 2 unspecified atom stereocenters. The summed E-state index contributed by atoms with van der Waals surface area (Å²) < 4.78 is 40.3. The van der Waals surface area contributed by atoms with Gasteiger partial charge in [-0.2, -0.15) is 0 Å². The highest BCUT2D eigenvalue weighted by Gasteiger charge is 2.78. The van der Waals surface area contributed by atoms with Crippen LogP contribution in [0.5, 0.6) is 0 Å². The Balaban J connectivity index is 1.45. The maximum atomic E-state index is 15.1. The van der Waals surface area contributed by atoms with E-state index < -0.39 is 155 Å². The van der Waals surface area contributed by atoms with Crippen molar-refractivity contribution in [1.82, 2.24) is 5.32 Å². The molecular weight excluding hydrogens is 883 g/mol. The second-order valence-corrected chi connectivity index (χ2v) is 19.9. The van der Waals surface area contributed by atoms with Crippen molar-refractivity contribution in [3.8, 4) is 0 Å². The molecule has 1 saturated heterocycles. The van der Waals surface area contributed by atoms with Gasteiger partial charge in [0.2, 0.25) is 12.0 Å². The molecule has 4 fully saturated rings. The van der Waals surface area contributed by atoms with Crippen molar-refractivity contribution in [2.24, 2.45) is 34.1 Å². The van der Waals surface area contributed by atoms with Gasteiger partial charge in [-0.15, -0.1) is 0 Å². The molecule has 1 aromatic carbocycles. The number of aliphatic hydroxyl groups is 3. The van der Waals surface area contributed by atoms with Crippen molar-refractivity contribution in [3.63, 3.8) is 0 Å². The van der Waals surface area contributed by atoms with Crippen LogP contribution in [0.25, 0.3) is 0 Å². The minimum atomic E-state index is -2.47. The second kappa shape index (κ2) is 18.5. The highest BCUT2D eigenvalue weighted by Crippen LogP contribution is 2.64. The number of hydrogen-bond acceptors (Lipinski definition) is 19. The quantitative estimate of drug-likeness (QED) is 0.0845. The zero-order chi connectivity index (χ0) is 49.8. The summed E-state index contributed by atoms with van der Waals surface area (Å²) in [6.45, 7) is 10.3. The fourth-order valence-electron chi connectivity index (χ4n) is 10.2. The van der Waals surface area contributed by atoms with E-state index in [-0.39, 0.29) is 29.7 Å². The summed E-state index contributed by atoms with van der Waals surface area (Å²) in [6, 6.07) is 4.95. The number of esters is 5. The minimum Gasteiger partial charge on any atom is -0.455 e. The Kier molecular flexibility index (Phi) is 14.1. The highest BCUT2D eigenvalue weighted by atomic mass is 16.6. The summed E-state index contributed by atoms with van der Waals surface area (Å²) in [4.78, 5) is 107. The number of rotatable bonds is 14. The summed E-state index contributed by atoms with van der Waals surface area (Å²) in [5.74, 6) is -9.55. The Morgan fingerprint density at radius 3 is 2.18 bits per heavy atom. The number of nitrogens with one attached hydrogen (secondary N) is 1. The minimum absolute atomic E-state index is 0.0266. The third-order valence-corrected chi connectivity index (χ3v) is 13.9. The van der Waals surface area contributed by atoms with Gasteiger partial charge in [0.1, 0.15) is 35.6 Å². The number of carbonyl (C=O) groups is 8. The van der Waals surface area contributed by atoms with Gasteiger partial charge in [-0.25, -0.2) is 19.2 Å². The third-order valence-electron chi connectivity index (χ3n) is 13.9. The Labute approximate surface area is 386 Å². The summed E-state index contributed by atoms with van der Waals surface area (Å²) in [7, 11) is 0. The van der Waals surface area contributed by atoms with Gasteiger partial charge in [0.25, 0.3) is 0 Å². The fraction of sp³-hybridized carbons (Fsp3) is 0.652. The van der Waals surface area contributed by atoms with Crippen LogP contribution in [-0.4, -0.2) is 142 Å². The van der Waals surface area contributed by atoms with Crippen LogP contribution in [0.4, 0.5) is 4.79 Å². The number of primary amides is 1. The molecule has 3 saturated carbocycles. The van der Waals surface area contributed by atoms with E-state index in [1.165, 1.54) is 39.8 Å². The molecule has 12 atom stereocenters. The number of ketones is 1. The van der Waals surface area contributed by atoms with E-state index in [1.807, 2.05) is 0 Å². The van der Waals surface area contributed by atoms with Crippen molar-refractivity contribution in [2.45, 2.75) is 153 Å². The first-order chi connectivity index (χ1) is 31.1. The van der Waals surface area contributed by atoms with E-state index in [0.717, 1.165) is 6.92 Å². The van der Waals surface area contributed by atoms with Gasteiger partial charge >= 0.3 is 35.9 Å². The Morgan fingerprint density at radius 1 is 0.985 bits per heavy atom. The molecule has 8 N–H and O–H groups in total. The van der Waals surface area contributed by atoms with E-state index in [0.29, 0.717) is 12.8 Å². The lowest BCUT2D eigenvalue weighted by atomic mass is 9.44. The normalized spacial score (nSPS) is 32.1. The Hall–Kier alpha value is -5.48. The zero-order valence-corrected chi connectivity index (χ0v) is 38.7. The topological polar surface area (TPSA) is 326 Å². The number of alkyl carbamates (subject to hydrolysis) is 1. The molecule has 21 nitrogen and oxygen atoms in total. The molecule has 1 aromatic rings. The highest BCUT2D eigenvalue weighted by molar-refractivity contribution is 5.94. The maximum Gasteiger partial charge on any atom is 0.408 e. The first-order valence-corrected chi connectivity index (χ1v) is 22.1. The van der Waals surface area contributed by atoms with Crippen LogP contribution in [-0.2, 0) is 61.9 Å². The van der Waals surface area contributed by atoms with Crippen molar-refractivity contribution in [1.29, 1.82) is 0 Å². The monoisotopic (exact) mass is 943 g/mol. The standard InChI is InChI=1S/C46H61N3O18/c1-21-26(63-40(58)34(32(23-14-15-23)49-41(59)67-42(3,4)5)64-30(53)19-61-29(52)16-25(47)38(48)56)18-46(60)37(65-39(57)24-12-10-9-11-13-24)35-44(8,36(55)33(54)31(21)43(46,6)7)27(51)17-28-45(35,20-62-28)66-22(2)50/h9-13,23,25-28,32-35,37,51,54,60H,14-20,47H2,1-8H3,(H2,48,56)(H,49,59)/t25-,26-,27-,28+,32-,33+,34+,35?,37?,44+,45-,46+/m0/s1. The zero-order valence-electron chi connectivity index (χ0n) is 38.7. The Morgan fingerprint density at radius 2 is 1.63 bits per heavy atom. The van der Waals surface area contributed by atoms with Crippen LogP contribution in [0, 0.1) is 22.7 Å². The van der Waals surface area contributed by atoms with Crippen molar-refractivity contribution < 1.29 is 86.8 Å². The van der Waals surface area contributed by atoms with Crippen LogP contribution >= 0.6 is 0 Å². The van der Waals surface area contributed by atoms with Crippen LogP contribution in [0.15, 0.2) is 41.5 Å². The van der Waals surface area contributed by atoms with Gasteiger partial charge < -0.3 is 65.3 Å². The van der Waals surface area contributed by atoms with Gasteiger partial charge in [0, 0.05) is 25.2 Å². The number of Topliss-reactive ketones (excluding diaryl/α,β-unsaturated/α-hetero) is 1. The molecule has 368 valence electrons. The molecule has 0 aromatic heterocycles. The number of carbonyl (C=O) groups excluding carboxylic acids is 8. The molecule has 21 heteroatoms. The fourth-order valence-corrected chi connectivity index (χ4v) is 10.2. The molecular formula is C46H61N3O18. The lowest BCUT2D eigenvalue weighted by Crippen LogP contribution is -2.81. The largest absolute Gasteiger partial charge is 0.455 e. The number of fused-ring (bicyclic) bond motifs is 5. The second-order valence-electron chi connectivity index (χ2n) is 19.9. The van der Waals surface area contributed by atoms with E-state index in [2.05, 4.69) is 5.32 Å². The third kappa shape index (κ3) is 9.65. The van der Waals surface area contributed by atoms with Crippen molar-refractivity contribution in [2.75, 3.05) is 13.2 Å². The average Bonchev–Trinajstić information content (AvgIpc) is 4.08. The van der Waals surface area contributed by atoms with Gasteiger partial charge in [-0.05, 0) is 76.7 Å². The average molecular weight is 944 g/mol. The van der Waals surface area contributed by atoms with Gasteiger partial charge in [0.15, 0.2) is 18.0 Å². The predicted octanol–water partition coefficient (Wildman–Crippen LogP) is 0.594. The van der Waals surface area contributed by atoms with Crippen LogP contribution in [0.2, 0.25) is 0 Å². The molecule has 67 heavy (non-hydrogen) atoms. The van der Waals surface area contributed by atoms with Crippen molar-refractivity contribution >= 4 is 47.6 Å². The van der Waals surface area contributed by atoms with Crippen LogP contribution < -0.4 is 16.8 Å². The Bertz CT molecular complexity index is 2200. The SMILES string of the molecule is CC(=O)O[C@@]12CO[C@@H]1C[C@H](O)[C@@]1(C)C(=O)[C@H](O)C3=C(C)[C@@H](OC(=O)[C@H](OC(=O)COC(=O)C[C@H](N)C(N)=O)[C@@H](NC(=O)OC(C)(C)C)C4CC4)C[C@@](O)(C(OC(=O)c4ccccc4)C12)C3(C)C. The van der Waals surface area contributed by atoms with E-state index >= 15 is 4.79 Å². The smallest absolute Gasteiger partial charge is 0.408 e. The lowest BCUT2D eigenvalue weighted by Gasteiger charge is -2.67. The van der Waals surface area contributed by atoms with Crippen molar-refractivity contribution in [3.05, 3.63) is 47.0 Å². The first kappa shape index (κ1) is 50.9. The number of ether oxygens (including phenoxy) is 7. The molecule has 1 heterocycles. The number of hydrogen-bond donors (Lipinski definition) is 6. The van der Waals surface area contributed by atoms with Gasteiger partial charge in [-0.3, -0.25) is 19.2 Å². The summed E-state index contributed by atoms with van der Waals surface area (Å²) >= 11 is 0. The molecule has 1 aliphatic heterocycles. The van der Waals surface area contributed by atoms with E-state index in [9.17, 15) is 48.9 Å². The van der Waals surface area contributed by atoms with Gasteiger partial charge in [-0.1, -0.05) is 32.0 Å². The molecule has 4 aliphatic carbocycles. The molecule has 2 amide bonds. The van der Waals surface area contributed by atoms with E-state index in [1.54, 1.807) is 39.0 Å². The first-order valence-electron chi connectivity index (χ1n) is 22.1.